The van der Waals surface area contributed by atoms with Crippen molar-refractivity contribution in [2.75, 3.05) is 36.5 Å². The number of nitrogens with one attached hydrogen (secondary N) is 1. The van der Waals surface area contributed by atoms with Crippen molar-refractivity contribution in [2.24, 2.45) is 0 Å². The number of hydrogen-bond acceptors (Lipinski definition) is 6. The number of aromatic nitrogens is 2. The van der Waals surface area contributed by atoms with Gasteiger partial charge in [0.05, 0.1) is 28.9 Å². The van der Waals surface area contributed by atoms with Crippen LogP contribution < -0.4 is 10.2 Å². The summed E-state index contributed by atoms with van der Waals surface area (Å²) in [6, 6.07) is 7.61. The maximum atomic E-state index is 13.1. The molecule has 1 aromatic carbocycles. The summed E-state index contributed by atoms with van der Waals surface area (Å²) in [6.45, 7) is 1.66. The zero-order valence-corrected chi connectivity index (χ0v) is 16.5. The number of benzene rings is 1. The topological polar surface area (TPSA) is 67.4 Å². The second-order valence-electron chi connectivity index (χ2n) is 6.56. The predicted molar refractivity (Wildman–Crippen MR) is 110 cm³/mol. The molecule has 6 nitrogen and oxygen atoms in total. The van der Waals surface area contributed by atoms with Gasteiger partial charge in [-0.3, -0.25) is 4.79 Å². The highest BCUT2D eigenvalue weighted by Crippen LogP contribution is 2.31. The van der Waals surface area contributed by atoms with Crippen LogP contribution in [0, 0.1) is 0 Å². The van der Waals surface area contributed by atoms with Gasteiger partial charge in [0.1, 0.15) is 11.5 Å². The Morgan fingerprint density at radius 1 is 1.20 bits per heavy atom. The number of halogens is 3. The Labute approximate surface area is 174 Å². The Morgan fingerprint density at radius 3 is 2.77 bits per heavy atom. The second kappa shape index (κ2) is 8.41. The predicted octanol–water partition coefficient (Wildman–Crippen LogP) is 4.20. The lowest BCUT2D eigenvalue weighted by atomic mass is 10.2. The van der Waals surface area contributed by atoms with Crippen molar-refractivity contribution in [3.63, 3.8) is 0 Å². The molecule has 1 amide bonds. The van der Waals surface area contributed by atoms with Crippen molar-refractivity contribution in [3.8, 4) is 0 Å². The largest absolute Gasteiger partial charge is 0.433 e. The third-order valence-electron chi connectivity index (χ3n) is 4.52. The van der Waals surface area contributed by atoms with E-state index in [9.17, 15) is 18.0 Å². The fraction of sp³-hybridized carbons (Fsp3) is 0.250. The average Bonchev–Trinajstić information content (AvgIpc) is 3.20. The molecule has 0 spiro atoms. The molecule has 2 aromatic heterocycles. The molecule has 0 bridgehead atoms. The van der Waals surface area contributed by atoms with Gasteiger partial charge in [0.25, 0.3) is 0 Å². The molecule has 1 fully saturated rings. The molecule has 3 aromatic rings. The van der Waals surface area contributed by atoms with E-state index in [-0.39, 0.29) is 5.82 Å². The van der Waals surface area contributed by atoms with Crippen LogP contribution in [0.1, 0.15) is 11.3 Å². The number of rotatable bonds is 4. The number of carbonyl (C=O) groups excluding carboxylic acids is 1. The van der Waals surface area contributed by atoms with Crippen molar-refractivity contribution in [1.29, 1.82) is 0 Å². The van der Waals surface area contributed by atoms with Crippen LogP contribution in [0.2, 0.25) is 0 Å². The van der Waals surface area contributed by atoms with Gasteiger partial charge in [0.2, 0.25) is 5.91 Å². The van der Waals surface area contributed by atoms with Crippen LogP contribution in [-0.2, 0) is 15.7 Å². The third-order valence-corrected chi connectivity index (χ3v) is 5.31. The Kier molecular flexibility index (Phi) is 5.69. The molecule has 1 N–H and O–H groups in total. The first-order valence-electron chi connectivity index (χ1n) is 9.13. The Morgan fingerprint density at radius 2 is 2.00 bits per heavy atom. The first-order valence-corrected chi connectivity index (χ1v) is 10.0. The van der Waals surface area contributed by atoms with Gasteiger partial charge in [-0.1, -0.05) is 0 Å². The highest BCUT2D eigenvalue weighted by atomic mass is 32.1. The first-order chi connectivity index (χ1) is 14.4. The summed E-state index contributed by atoms with van der Waals surface area (Å²) in [7, 11) is 0. The number of pyridine rings is 1. The van der Waals surface area contributed by atoms with Gasteiger partial charge in [0, 0.05) is 30.4 Å². The minimum Gasteiger partial charge on any atom is -0.378 e. The Bertz CT molecular complexity index is 1090. The molecule has 0 aliphatic carbocycles. The SMILES string of the molecule is O=C(/C=C/c1ccc(C(F)(F)F)nc1N1CCOCC1)Nc1ccc2ncsc2c1. The fourth-order valence-electron chi connectivity index (χ4n) is 3.06. The summed E-state index contributed by atoms with van der Waals surface area (Å²) in [5.74, 6) is -0.213. The average molecular weight is 434 g/mol. The molecule has 30 heavy (non-hydrogen) atoms. The summed E-state index contributed by atoms with van der Waals surface area (Å²) >= 11 is 1.46. The molecular weight excluding hydrogens is 417 g/mol. The molecule has 1 saturated heterocycles. The standard InChI is InChI=1S/C20H17F3N4O2S/c21-20(22,23)17-5-1-13(19(26-17)27-7-9-29-10-8-27)2-6-18(28)25-14-3-4-15-16(11-14)30-12-24-15/h1-6,11-12H,7-10H2,(H,25,28)/b6-2+. The smallest absolute Gasteiger partial charge is 0.378 e. The number of morpholine rings is 1. The maximum Gasteiger partial charge on any atom is 0.433 e. The van der Waals surface area contributed by atoms with Crippen LogP contribution in [0.15, 0.2) is 41.9 Å². The first kappa shape index (κ1) is 20.3. The zero-order valence-electron chi connectivity index (χ0n) is 15.6. The molecule has 0 unspecified atom stereocenters. The van der Waals surface area contributed by atoms with E-state index in [4.69, 9.17) is 4.74 Å². The van der Waals surface area contributed by atoms with E-state index in [1.54, 1.807) is 16.5 Å². The summed E-state index contributed by atoms with van der Waals surface area (Å²) in [5.41, 5.74) is 2.64. The van der Waals surface area contributed by atoms with Crippen molar-refractivity contribution in [2.45, 2.75) is 6.18 Å². The molecule has 4 rings (SSSR count). The third kappa shape index (κ3) is 4.60. The monoisotopic (exact) mass is 434 g/mol. The number of fused-ring (bicyclic) bond motifs is 1. The molecular formula is C20H17F3N4O2S. The lowest BCUT2D eigenvalue weighted by molar-refractivity contribution is -0.141. The molecule has 156 valence electrons. The second-order valence-corrected chi connectivity index (χ2v) is 7.45. The van der Waals surface area contributed by atoms with Crippen LogP contribution in [0.25, 0.3) is 16.3 Å². The number of thiazole rings is 1. The van der Waals surface area contributed by atoms with Gasteiger partial charge in [0.15, 0.2) is 0 Å². The van der Waals surface area contributed by atoms with Crippen LogP contribution in [0.5, 0.6) is 0 Å². The number of nitrogens with zero attached hydrogens (tertiary/aromatic N) is 3. The van der Waals surface area contributed by atoms with Crippen molar-refractivity contribution in [3.05, 3.63) is 53.2 Å². The summed E-state index contributed by atoms with van der Waals surface area (Å²) in [4.78, 5) is 22.1. The molecule has 0 saturated carbocycles. The van der Waals surface area contributed by atoms with E-state index in [1.165, 1.54) is 29.6 Å². The molecule has 0 atom stereocenters. The van der Waals surface area contributed by atoms with Crippen molar-refractivity contribution < 1.29 is 22.7 Å². The Hall–Kier alpha value is -2.98. The molecule has 1 aliphatic heterocycles. The number of amides is 1. The van der Waals surface area contributed by atoms with E-state index in [1.807, 2.05) is 12.1 Å². The molecule has 10 heteroatoms. The fourth-order valence-corrected chi connectivity index (χ4v) is 3.77. The van der Waals surface area contributed by atoms with E-state index in [0.29, 0.717) is 37.6 Å². The molecule has 3 heterocycles. The van der Waals surface area contributed by atoms with Crippen LogP contribution in [0.4, 0.5) is 24.7 Å². The normalized spacial score (nSPS) is 15.1. The maximum absolute atomic E-state index is 13.1. The van der Waals surface area contributed by atoms with Crippen LogP contribution in [0.3, 0.4) is 0 Å². The number of anilines is 2. The number of ether oxygens (including phenoxy) is 1. The van der Waals surface area contributed by atoms with Crippen molar-refractivity contribution >= 4 is 45.0 Å². The quantitative estimate of drug-likeness (QED) is 0.624. The zero-order chi connectivity index (χ0) is 21.1. The van der Waals surface area contributed by atoms with Gasteiger partial charge >= 0.3 is 6.18 Å². The van der Waals surface area contributed by atoms with Gasteiger partial charge in [-0.15, -0.1) is 11.3 Å². The van der Waals surface area contributed by atoms with Crippen molar-refractivity contribution in [1.82, 2.24) is 9.97 Å². The molecule has 0 radical (unpaired) electrons. The lowest BCUT2D eigenvalue weighted by Crippen LogP contribution is -2.37. The minimum atomic E-state index is -4.55. The highest BCUT2D eigenvalue weighted by molar-refractivity contribution is 7.16. The Balaban J connectivity index is 1.55. The van der Waals surface area contributed by atoms with Crippen LogP contribution in [-0.4, -0.2) is 42.2 Å². The minimum absolute atomic E-state index is 0.184. The van der Waals surface area contributed by atoms with Gasteiger partial charge in [-0.25, -0.2) is 9.97 Å². The number of hydrogen-bond donors (Lipinski definition) is 1. The summed E-state index contributed by atoms with van der Waals surface area (Å²) in [6.07, 6.45) is -1.79. The van der Waals surface area contributed by atoms with E-state index in [2.05, 4.69) is 15.3 Å². The van der Waals surface area contributed by atoms with E-state index >= 15 is 0 Å². The van der Waals surface area contributed by atoms with Gasteiger partial charge in [-0.2, -0.15) is 13.2 Å². The van der Waals surface area contributed by atoms with Gasteiger partial charge < -0.3 is 15.0 Å². The van der Waals surface area contributed by atoms with Gasteiger partial charge in [-0.05, 0) is 36.4 Å². The highest BCUT2D eigenvalue weighted by Gasteiger charge is 2.33. The number of carbonyl (C=O) groups is 1. The van der Waals surface area contributed by atoms with E-state index < -0.39 is 17.8 Å². The van der Waals surface area contributed by atoms with Crippen LogP contribution >= 0.6 is 11.3 Å². The number of alkyl halides is 3. The lowest BCUT2D eigenvalue weighted by Gasteiger charge is -2.29. The summed E-state index contributed by atoms with van der Waals surface area (Å²) < 4.78 is 45.6. The van der Waals surface area contributed by atoms with E-state index in [0.717, 1.165) is 16.3 Å². The summed E-state index contributed by atoms with van der Waals surface area (Å²) in [5, 5.41) is 2.75. The molecule has 1 aliphatic rings.